The summed E-state index contributed by atoms with van der Waals surface area (Å²) in [7, 11) is 0. The number of amides is 3. The van der Waals surface area contributed by atoms with Crippen LogP contribution < -0.4 is 10.6 Å². The van der Waals surface area contributed by atoms with Crippen molar-refractivity contribution in [2.75, 3.05) is 11.9 Å². The van der Waals surface area contributed by atoms with E-state index in [0.717, 1.165) is 11.0 Å². The quantitative estimate of drug-likeness (QED) is 0.851. The monoisotopic (exact) mass is 372 g/mol. The van der Waals surface area contributed by atoms with Crippen LogP contribution >= 0.6 is 0 Å². The summed E-state index contributed by atoms with van der Waals surface area (Å²) in [5, 5.41) is 21.3. The van der Waals surface area contributed by atoms with Gasteiger partial charge in [0.2, 0.25) is 5.91 Å². The van der Waals surface area contributed by atoms with Gasteiger partial charge in [-0.1, -0.05) is 0 Å². The second-order valence-electron chi connectivity index (χ2n) is 5.92. The molecule has 0 radical (unpaired) electrons. The summed E-state index contributed by atoms with van der Waals surface area (Å²) in [5.41, 5.74) is 0.740. The van der Waals surface area contributed by atoms with Crippen LogP contribution in [0.3, 0.4) is 0 Å². The molecular formula is C17H14F2N6O2. The zero-order chi connectivity index (χ0) is 19.6. The number of benzene rings is 1. The standard InChI is InChI=1S/C17H14F2N6O2/c1-9(13-4-2-10(6-20)23-24-13)21-15(26)8-25-7-11-14(22-17(25)27)5-3-12(18)16(11)19/h2-5,9H,7-8H2,1H3,(H,21,26)(H,22,27)/t9-/m1/s1. The first kappa shape index (κ1) is 18.2. The van der Waals surface area contributed by atoms with Crippen molar-refractivity contribution in [2.45, 2.75) is 19.5 Å². The number of hydrogen-bond acceptors (Lipinski definition) is 5. The molecule has 2 N–H and O–H groups in total. The van der Waals surface area contributed by atoms with Crippen LogP contribution in [0.4, 0.5) is 19.3 Å². The zero-order valence-electron chi connectivity index (χ0n) is 14.2. The van der Waals surface area contributed by atoms with Crippen molar-refractivity contribution in [2.24, 2.45) is 0 Å². The maximum Gasteiger partial charge on any atom is 0.322 e. The lowest BCUT2D eigenvalue weighted by Crippen LogP contribution is -2.45. The molecule has 10 heteroatoms. The van der Waals surface area contributed by atoms with Gasteiger partial charge in [-0.2, -0.15) is 10.4 Å². The van der Waals surface area contributed by atoms with Crippen LogP contribution in [-0.2, 0) is 11.3 Å². The van der Waals surface area contributed by atoms with Crippen LogP contribution in [0.15, 0.2) is 24.3 Å². The van der Waals surface area contributed by atoms with Gasteiger partial charge in [0.25, 0.3) is 0 Å². The predicted molar refractivity (Wildman–Crippen MR) is 89.1 cm³/mol. The molecule has 1 aromatic heterocycles. The van der Waals surface area contributed by atoms with Gasteiger partial charge in [0.05, 0.1) is 24.0 Å². The van der Waals surface area contributed by atoms with Crippen LogP contribution in [0.1, 0.15) is 29.9 Å². The molecular weight excluding hydrogens is 358 g/mol. The van der Waals surface area contributed by atoms with Gasteiger partial charge in [-0.3, -0.25) is 4.79 Å². The first-order chi connectivity index (χ1) is 12.9. The number of rotatable bonds is 4. The molecule has 2 aromatic rings. The molecule has 3 rings (SSSR count). The number of nitrogens with zero attached hydrogens (tertiary/aromatic N) is 4. The highest BCUT2D eigenvalue weighted by molar-refractivity contribution is 5.94. The molecule has 1 aromatic carbocycles. The Morgan fingerprint density at radius 1 is 1.37 bits per heavy atom. The Bertz CT molecular complexity index is 942. The molecule has 0 fully saturated rings. The summed E-state index contributed by atoms with van der Waals surface area (Å²) in [6.45, 7) is 1.08. The number of anilines is 1. The molecule has 0 spiro atoms. The number of fused-ring (bicyclic) bond motifs is 1. The number of aromatic nitrogens is 2. The van der Waals surface area contributed by atoms with Gasteiger partial charge in [0.1, 0.15) is 12.6 Å². The Kier molecular flexibility index (Phi) is 4.94. The van der Waals surface area contributed by atoms with Crippen LogP contribution in [0.5, 0.6) is 0 Å². The van der Waals surface area contributed by atoms with Gasteiger partial charge in [-0.25, -0.2) is 13.6 Å². The van der Waals surface area contributed by atoms with Crippen molar-refractivity contribution in [1.82, 2.24) is 20.4 Å². The van der Waals surface area contributed by atoms with Crippen molar-refractivity contribution < 1.29 is 18.4 Å². The van der Waals surface area contributed by atoms with E-state index in [0.29, 0.717) is 5.69 Å². The third-order valence-corrected chi connectivity index (χ3v) is 4.03. The molecule has 138 valence electrons. The number of halogens is 2. The Balaban J connectivity index is 1.66. The highest BCUT2D eigenvalue weighted by atomic mass is 19.2. The van der Waals surface area contributed by atoms with Crippen LogP contribution in [0.2, 0.25) is 0 Å². The number of carbonyl (C=O) groups excluding carboxylic acids is 2. The van der Waals surface area contributed by atoms with Crippen LogP contribution in [-0.4, -0.2) is 33.6 Å². The molecule has 0 bridgehead atoms. The maximum absolute atomic E-state index is 13.9. The molecule has 3 amide bonds. The number of hydrogen-bond donors (Lipinski definition) is 2. The Labute approximate surface area is 152 Å². The van der Waals surface area contributed by atoms with E-state index in [-0.39, 0.29) is 30.0 Å². The maximum atomic E-state index is 13.9. The number of nitriles is 1. The van der Waals surface area contributed by atoms with E-state index >= 15 is 0 Å². The summed E-state index contributed by atoms with van der Waals surface area (Å²) >= 11 is 0. The minimum absolute atomic E-state index is 0.0200. The summed E-state index contributed by atoms with van der Waals surface area (Å²) in [6.07, 6.45) is 0. The van der Waals surface area contributed by atoms with E-state index in [1.807, 2.05) is 6.07 Å². The highest BCUT2D eigenvalue weighted by Crippen LogP contribution is 2.27. The predicted octanol–water partition coefficient (Wildman–Crippen LogP) is 1.85. The molecule has 8 nitrogen and oxygen atoms in total. The van der Waals surface area contributed by atoms with Gasteiger partial charge in [-0.15, -0.1) is 5.10 Å². The molecule has 0 unspecified atom stereocenters. The van der Waals surface area contributed by atoms with Crippen molar-refractivity contribution in [1.29, 1.82) is 5.26 Å². The third kappa shape index (κ3) is 3.82. The minimum atomic E-state index is -1.06. The van der Waals surface area contributed by atoms with E-state index in [1.54, 1.807) is 13.0 Å². The molecule has 0 saturated heterocycles. The Morgan fingerprint density at radius 3 is 2.81 bits per heavy atom. The first-order valence-corrected chi connectivity index (χ1v) is 7.95. The van der Waals surface area contributed by atoms with Gasteiger partial charge < -0.3 is 15.5 Å². The normalized spacial score (nSPS) is 14.0. The molecule has 1 aliphatic heterocycles. The Morgan fingerprint density at radius 2 is 2.15 bits per heavy atom. The minimum Gasteiger partial charge on any atom is -0.346 e. The van der Waals surface area contributed by atoms with E-state index in [9.17, 15) is 18.4 Å². The van der Waals surface area contributed by atoms with Gasteiger partial charge in [0, 0.05) is 5.56 Å². The van der Waals surface area contributed by atoms with Gasteiger partial charge in [-0.05, 0) is 31.2 Å². The molecule has 2 heterocycles. The highest BCUT2D eigenvalue weighted by Gasteiger charge is 2.28. The topological polar surface area (TPSA) is 111 Å². The molecule has 27 heavy (non-hydrogen) atoms. The van der Waals surface area contributed by atoms with E-state index < -0.39 is 29.6 Å². The lowest BCUT2D eigenvalue weighted by molar-refractivity contribution is -0.122. The largest absolute Gasteiger partial charge is 0.346 e. The summed E-state index contributed by atoms with van der Waals surface area (Å²) in [4.78, 5) is 25.4. The number of nitrogens with one attached hydrogen (secondary N) is 2. The third-order valence-electron chi connectivity index (χ3n) is 4.03. The number of urea groups is 1. The van der Waals surface area contributed by atoms with E-state index in [4.69, 9.17) is 5.26 Å². The van der Waals surface area contributed by atoms with Gasteiger partial charge >= 0.3 is 6.03 Å². The molecule has 1 aliphatic rings. The summed E-state index contributed by atoms with van der Waals surface area (Å²) in [6, 6.07) is 5.95. The second-order valence-corrected chi connectivity index (χ2v) is 5.92. The van der Waals surface area contributed by atoms with Crippen LogP contribution in [0, 0.1) is 23.0 Å². The lowest BCUT2D eigenvalue weighted by Gasteiger charge is -2.29. The van der Waals surface area contributed by atoms with E-state index in [2.05, 4.69) is 20.8 Å². The lowest BCUT2D eigenvalue weighted by atomic mass is 10.1. The van der Waals surface area contributed by atoms with Gasteiger partial charge in [0.15, 0.2) is 17.3 Å². The average Bonchev–Trinajstić information content (AvgIpc) is 2.66. The molecule has 0 saturated carbocycles. The fourth-order valence-electron chi connectivity index (χ4n) is 2.62. The van der Waals surface area contributed by atoms with Crippen molar-refractivity contribution >= 4 is 17.6 Å². The first-order valence-electron chi connectivity index (χ1n) is 7.95. The van der Waals surface area contributed by atoms with Crippen molar-refractivity contribution in [3.05, 3.63) is 52.9 Å². The fraction of sp³-hybridized carbons (Fsp3) is 0.235. The zero-order valence-corrected chi connectivity index (χ0v) is 14.2. The van der Waals surface area contributed by atoms with Crippen LogP contribution in [0.25, 0.3) is 0 Å². The average molecular weight is 372 g/mol. The summed E-state index contributed by atoms with van der Waals surface area (Å²) in [5.74, 6) is -2.59. The SMILES string of the molecule is C[C@@H](NC(=O)CN1Cc2c(ccc(F)c2F)NC1=O)c1ccc(C#N)nn1. The molecule has 1 atom stereocenters. The van der Waals surface area contributed by atoms with Crippen molar-refractivity contribution in [3.63, 3.8) is 0 Å². The number of carbonyl (C=O) groups is 2. The molecule has 0 aliphatic carbocycles. The smallest absolute Gasteiger partial charge is 0.322 e. The Hall–Kier alpha value is -3.61. The van der Waals surface area contributed by atoms with Crippen molar-refractivity contribution in [3.8, 4) is 6.07 Å². The summed E-state index contributed by atoms with van der Waals surface area (Å²) < 4.78 is 27.3. The fourth-order valence-corrected chi connectivity index (χ4v) is 2.62. The second kappa shape index (κ2) is 7.33. The van der Waals surface area contributed by atoms with E-state index in [1.165, 1.54) is 12.1 Å².